The van der Waals surface area contributed by atoms with Gasteiger partial charge >= 0.3 is 6.18 Å². The summed E-state index contributed by atoms with van der Waals surface area (Å²) < 4.78 is 64.7. The fraction of sp³-hybridized carbons (Fsp3) is 0.451. The summed E-state index contributed by atoms with van der Waals surface area (Å²) in [4.78, 5) is 70.3. The molecule has 1 aromatic heterocycles. The molecule has 0 bridgehead atoms. The molecule has 7 rings (SSSR count). The van der Waals surface area contributed by atoms with Gasteiger partial charge in [-0.2, -0.15) is 13.2 Å². The number of aromatic nitrogens is 1. The van der Waals surface area contributed by atoms with Gasteiger partial charge in [0.25, 0.3) is 11.8 Å². The van der Waals surface area contributed by atoms with Crippen LogP contribution in [0.15, 0.2) is 79.0 Å². The van der Waals surface area contributed by atoms with E-state index in [1.807, 2.05) is 43.0 Å². The van der Waals surface area contributed by atoms with Crippen molar-refractivity contribution < 1.29 is 56.1 Å². The number of carbonyl (C=O) groups is 5. The molecule has 1 unspecified atom stereocenters. The molecular formula is C51H60F3N7O9. The number of pyridine rings is 1. The highest BCUT2D eigenvalue weighted by molar-refractivity contribution is 6.25. The van der Waals surface area contributed by atoms with Crippen LogP contribution in [0, 0.1) is 5.92 Å². The van der Waals surface area contributed by atoms with Gasteiger partial charge in [0.15, 0.2) is 0 Å². The van der Waals surface area contributed by atoms with E-state index in [2.05, 4.69) is 20.9 Å². The topological polar surface area (TPSA) is 204 Å². The second-order valence-corrected chi connectivity index (χ2v) is 17.9. The molecule has 4 heterocycles. The quantitative estimate of drug-likeness (QED) is 0.0441. The van der Waals surface area contributed by atoms with E-state index < -0.39 is 41.4 Å². The summed E-state index contributed by atoms with van der Waals surface area (Å²) in [7, 11) is 0. The maximum Gasteiger partial charge on any atom is 0.419 e. The standard InChI is InChI=1S/C51H60F3N7O9/c1-32(2)28-37(55)31-70-43-12-8-35(29-40(43)51(52,53)54)36-14-18-57-44(30-36)58-38-9-6-33(7-10-38)34-15-20-60(21-16-34)46(63)17-22-67-24-26-69-27-25-68-23-19-56-41-5-3-4-39-47(41)50(66)61(49(39)65)42-11-13-45(62)59-48(42)64/h3-10,12,14,18,29-30,32,34,37,42,56H,11,13,15-17,19-28,31,55H2,1-2H3,(H,57,58)(H,59,62,64)/t37-,42?/m0/s1. The molecular weight excluding hydrogens is 912 g/mol. The lowest BCUT2D eigenvalue weighted by atomic mass is 9.89. The zero-order valence-electron chi connectivity index (χ0n) is 39.4. The van der Waals surface area contributed by atoms with Crippen molar-refractivity contribution in [2.45, 2.75) is 76.6 Å². The molecule has 2 fully saturated rings. The van der Waals surface area contributed by atoms with Crippen molar-refractivity contribution in [3.05, 3.63) is 101 Å². The van der Waals surface area contributed by atoms with Crippen molar-refractivity contribution in [1.82, 2.24) is 20.1 Å². The van der Waals surface area contributed by atoms with Gasteiger partial charge in [-0.3, -0.25) is 34.2 Å². The lowest BCUT2D eigenvalue weighted by molar-refractivity contribution is -0.139. The minimum absolute atomic E-state index is 0.0147. The second kappa shape index (κ2) is 23.9. The minimum Gasteiger partial charge on any atom is -0.491 e. The van der Waals surface area contributed by atoms with Gasteiger partial charge in [0.05, 0.1) is 62.8 Å². The molecule has 0 spiro atoms. The van der Waals surface area contributed by atoms with Crippen LogP contribution in [-0.2, 0) is 34.8 Å². The molecule has 2 saturated heterocycles. The summed E-state index contributed by atoms with van der Waals surface area (Å²) in [6, 6.07) is 18.8. The van der Waals surface area contributed by atoms with Gasteiger partial charge < -0.3 is 40.2 Å². The third-order valence-electron chi connectivity index (χ3n) is 12.3. The number of hydrogen-bond acceptors (Lipinski definition) is 13. The Balaban J connectivity index is 0.748. The maximum atomic E-state index is 14.1. The molecule has 19 heteroatoms. The fourth-order valence-corrected chi connectivity index (χ4v) is 8.83. The number of halogens is 3. The van der Waals surface area contributed by atoms with E-state index in [0.29, 0.717) is 87.6 Å². The van der Waals surface area contributed by atoms with Crippen LogP contribution < -0.4 is 26.4 Å². The number of fused-ring (bicyclic) bond motifs is 1. The van der Waals surface area contributed by atoms with E-state index in [4.69, 9.17) is 24.7 Å². The van der Waals surface area contributed by atoms with Gasteiger partial charge in [-0.15, -0.1) is 0 Å². The SMILES string of the molecule is CC(C)C[C@H](N)COc1ccc(-c2ccnc(Nc3ccc(C4CCN(C(=O)CCOCCOCCOCCNc5cccc6c5C(=O)N(C5CCC(=O)NC5=O)C6=O)CC4)cc3)c2)cc1C(F)(F)F. The zero-order valence-corrected chi connectivity index (χ0v) is 39.4. The van der Waals surface area contributed by atoms with Crippen molar-refractivity contribution in [2.24, 2.45) is 11.7 Å². The Morgan fingerprint density at radius 2 is 1.56 bits per heavy atom. The van der Waals surface area contributed by atoms with Crippen molar-refractivity contribution in [3.8, 4) is 16.9 Å². The van der Waals surface area contributed by atoms with Crippen LogP contribution in [0.1, 0.15) is 90.1 Å². The van der Waals surface area contributed by atoms with Crippen LogP contribution in [0.5, 0.6) is 5.75 Å². The first kappa shape index (κ1) is 51.4. The van der Waals surface area contributed by atoms with Crippen LogP contribution in [0.25, 0.3) is 11.1 Å². The minimum atomic E-state index is -4.62. The largest absolute Gasteiger partial charge is 0.491 e. The highest BCUT2D eigenvalue weighted by atomic mass is 19.4. The monoisotopic (exact) mass is 971 g/mol. The molecule has 2 atom stereocenters. The number of alkyl halides is 3. The third kappa shape index (κ3) is 13.5. The first-order chi connectivity index (χ1) is 33.7. The summed E-state index contributed by atoms with van der Waals surface area (Å²) in [6.07, 6.45) is -0.390. The van der Waals surface area contributed by atoms with Gasteiger partial charge in [-0.1, -0.05) is 38.1 Å². The number of ether oxygens (including phenoxy) is 4. The molecule has 5 amide bonds. The molecule has 5 N–H and O–H groups in total. The number of rotatable bonds is 23. The molecule has 0 aliphatic carbocycles. The number of benzene rings is 3. The van der Waals surface area contributed by atoms with Crippen LogP contribution in [0.4, 0.5) is 30.4 Å². The first-order valence-electron chi connectivity index (χ1n) is 23.7. The smallest absolute Gasteiger partial charge is 0.419 e. The van der Waals surface area contributed by atoms with E-state index in [1.165, 1.54) is 12.1 Å². The van der Waals surface area contributed by atoms with E-state index >= 15 is 0 Å². The van der Waals surface area contributed by atoms with Crippen LogP contribution in [0.2, 0.25) is 0 Å². The molecule has 374 valence electrons. The van der Waals surface area contributed by atoms with E-state index in [-0.39, 0.29) is 67.2 Å². The molecule has 4 aromatic rings. The predicted octanol–water partition coefficient (Wildman–Crippen LogP) is 6.92. The molecule has 16 nitrogen and oxygen atoms in total. The van der Waals surface area contributed by atoms with Crippen LogP contribution in [-0.4, -0.2) is 122 Å². The average molecular weight is 972 g/mol. The molecule has 70 heavy (non-hydrogen) atoms. The number of carbonyl (C=O) groups excluding carboxylic acids is 5. The Bertz CT molecular complexity index is 2480. The first-order valence-corrected chi connectivity index (χ1v) is 23.7. The van der Waals surface area contributed by atoms with Gasteiger partial charge in [0, 0.05) is 49.7 Å². The Hall–Kier alpha value is -6.41. The van der Waals surface area contributed by atoms with Crippen molar-refractivity contribution >= 4 is 46.7 Å². The predicted molar refractivity (Wildman–Crippen MR) is 255 cm³/mol. The number of amides is 5. The summed E-state index contributed by atoms with van der Waals surface area (Å²) in [5, 5.41) is 8.58. The lowest BCUT2D eigenvalue weighted by Gasteiger charge is -2.32. The Morgan fingerprint density at radius 1 is 0.857 bits per heavy atom. The molecule has 3 aliphatic heterocycles. The molecule has 3 aromatic carbocycles. The summed E-state index contributed by atoms with van der Waals surface area (Å²) in [5.74, 6) is -1.39. The summed E-state index contributed by atoms with van der Waals surface area (Å²) in [5.41, 5.74) is 8.89. The Morgan fingerprint density at radius 3 is 2.26 bits per heavy atom. The zero-order chi connectivity index (χ0) is 49.8. The van der Waals surface area contributed by atoms with E-state index in [9.17, 15) is 37.1 Å². The van der Waals surface area contributed by atoms with Crippen LogP contribution in [0.3, 0.4) is 0 Å². The fourth-order valence-electron chi connectivity index (χ4n) is 8.83. The number of likely N-dealkylation sites (tertiary alicyclic amines) is 1. The van der Waals surface area contributed by atoms with E-state index in [1.54, 1.807) is 36.5 Å². The number of nitrogens with zero attached hydrogens (tertiary/aromatic N) is 3. The highest BCUT2D eigenvalue weighted by Crippen LogP contribution is 2.40. The van der Waals surface area contributed by atoms with Crippen molar-refractivity contribution in [2.75, 3.05) is 76.5 Å². The summed E-state index contributed by atoms with van der Waals surface area (Å²) in [6.45, 7) is 7.49. The Labute approximate surface area is 404 Å². The lowest BCUT2D eigenvalue weighted by Crippen LogP contribution is -2.54. The molecule has 0 radical (unpaired) electrons. The number of piperidine rings is 2. The van der Waals surface area contributed by atoms with Crippen LogP contribution >= 0.6 is 0 Å². The third-order valence-corrected chi connectivity index (χ3v) is 12.3. The highest BCUT2D eigenvalue weighted by Gasteiger charge is 2.45. The van der Waals surface area contributed by atoms with E-state index in [0.717, 1.165) is 35.1 Å². The van der Waals surface area contributed by atoms with Gasteiger partial charge in [0.1, 0.15) is 24.2 Å². The van der Waals surface area contributed by atoms with Gasteiger partial charge in [-0.05, 0) is 103 Å². The number of imide groups is 2. The summed E-state index contributed by atoms with van der Waals surface area (Å²) >= 11 is 0. The Kier molecular flexibility index (Phi) is 17.6. The molecule has 0 saturated carbocycles. The number of anilines is 3. The molecule has 3 aliphatic rings. The number of nitrogens with two attached hydrogens (primary N) is 1. The normalized spacial score (nSPS) is 16.9. The van der Waals surface area contributed by atoms with Gasteiger partial charge in [-0.25, -0.2) is 4.98 Å². The van der Waals surface area contributed by atoms with Gasteiger partial charge in [0.2, 0.25) is 17.7 Å². The van der Waals surface area contributed by atoms with Crippen molar-refractivity contribution in [1.29, 1.82) is 0 Å². The average Bonchev–Trinajstić information content (AvgIpc) is 3.59. The second-order valence-electron chi connectivity index (χ2n) is 17.9. The van der Waals surface area contributed by atoms with Crippen molar-refractivity contribution in [3.63, 3.8) is 0 Å². The maximum absolute atomic E-state index is 14.1. The number of hydrogen-bond donors (Lipinski definition) is 4. The number of nitrogens with one attached hydrogen (secondary N) is 3.